The zero-order chi connectivity index (χ0) is 39.5. The zero-order valence-corrected chi connectivity index (χ0v) is 33.5. The van der Waals surface area contributed by atoms with Crippen LogP contribution in [0.15, 0.2) is 152 Å². The predicted octanol–water partition coefficient (Wildman–Crippen LogP) is 10.3. The Morgan fingerprint density at radius 1 is 0.586 bits per heavy atom. The Morgan fingerprint density at radius 2 is 1.10 bits per heavy atom. The van der Waals surface area contributed by atoms with E-state index in [-0.39, 0.29) is 6.61 Å². The van der Waals surface area contributed by atoms with E-state index in [1.54, 1.807) is 7.11 Å². The van der Waals surface area contributed by atoms with E-state index in [1.807, 2.05) is 84.9 Å². The van der Waals surface area contributed by atoms with Crippen molar-refractivity contribution in [2.24, 2.45) is 0 Å². The molecule has 0 bridgehead atoms. The van der Waals surface area contributed by atoms with Crippen molar-refractivity contribution < 1.29 is 33.2 Å². The SMILES string of the molecule is COc1ccc(Cc2cc(C3O[C@H](COCc4ccccc4)[C@@H](OCc4ccccc4)[C@H](OCc4ccccc4)[C@H]3OCc3ccccc3)c3c(c2Cl)OCC3)cc1. The van der Waals surface area contributed by atoms with Crippen LogP contribution >= 0.6 is 11.6 Å². The second-order valence-corrected chi connectivity index (χ2v) is 15.1. The summed E-state index contributed by atoms with van der Waals surface area (Å²) in [4.78, 5) is 0. The average molecular weight is 797 g/mol. The molecule has 298 valence electrons. The van der Waals surface area contributed by atoms with Gasteiger partial charge >= 0.3 is 0 Å². The predicted molar refractivity (Wildman–Crippen MR) is 225 cm³/mol. The number of hydrogen-bond acceptors (Lipinski definition) is 7. The van der Waals surface area contributed by atoms with Gasteiger partial charge in [0, 0.05) is 12.0 Å². The van der Waals surface area contributed by atoms with Crippen LogP contribution in [0.3, 0.4) is 0 Å². The van der Waals surface area contributed by atoms with Crippen LogP contribution in [0.5, 0.6) is 11.5 Å². The van der Waals surface area contributed by atoms with Gasteiger partial charge in [-0.15, -0.1) is 0 Å². The van der Waals surface area contributed by atoms with Gasteiger partial charge in [-0.1, -0.05) is 151 Å². The highest BCUT2D eigenvalue weighted by atomic mass is 35.5. The molecule has 0 N–H and O–H groups in total. The lowest BCUT2D eigenvalue weighted by atomic mass is 9.86. The number of ether oxygens (including phenoxy) is 7. The number of fused-ring (bicyclic) bond motifs is 1. The number of rotatable bonds is 17. The van der Waals surface area contributed by atoms with Gasteiger partial charge in [0.05, 0.1) is 51.8 Å². The van der Waals surface area contributed by atoms with Gasteiger partial charge in [-0.3, -0.25) is 0 Å². The molecule has 8 rings (SSSR count). The first kappa shape index (κ1) is 39.8. The third-order valence-corrected chi connectivity index (χ3v) is 11.2. The van der Waals surface area contributed by atoms with Crippen LogP contribution in [-0.2, 0) is 63.0 Å². The normalized spacial score (nSPS) is 20.0. The maximum Gasteiger partial charge on any atom is 0.141 e. The molecule has 1 fully saturated rings. The Morgan fingerprint density at radius 3 is 1.66 bits per heavy atom. The molecular formula is C50H49ClO7. The van der Waals surface area contributed by atoms with Crippen LogP contribution in [0.1, 0.15) is 50.6 Å². The van der Waals surface area contributed by atoms with E-state index in [0.717, 1.165) is 50.3 Å². The third kappa shape index (κ3) is 9.81. The van der Waals surface area contributed by atoms with E-state index in [1.165, 1.54) is 0 Å². The Bertz CT molecular complexity index is 2170. The number of hydrogen-bond donors (Lipinski definition) is 0. The van der Waals surface area contributed by atoms with Crippen LogP contribution in [0.25, 0.3) is 0 Å². The van der Waals surface area contributed by atoms with Crippen molar-refractivity contribution in [3.8, 4) is 11.5 Å². The quantitative estimate of drug-likeness (QED) is 0.0911. The van der Waals surface area contributed by atoms with Crippen LogP contribution in [0.4, 0.5) is 0 Å². The lowest BCUT2D eigenvalue weighted by Gasteiger charge is -2.47. The van der Waals surface area contributed by atoms with E-state index < -0.39 is 30.5 Å². The summed E-state index contributed by atoms with van der Waals surface area (Å²) >= 11 is 7.19. The van der Waals surface area contributed by atoms with Crippen molar-refractivity contribution >= 4 is 11.6 Å². The molecule has 2 aliphatic heterocycles. The van der Waals surface area contributed by atoms with Crippen LogP contribution < -0.4 is 9.47 Å². The Labute approximate surface area is 346 Å². The molecule has 0 spiro atoms. The first-order chi connectivity index (χ1) is 28.6. The largest absolute Gasteiger partial charge is 0.497 e. The van der Waals surface area contributed by atoms with Crippen molar-refractivity contribution in [3.05, 3.63) is 201 Å². The smallest absolute Gasteiger partial charge is 0.141 e. The Kier molecular flexibility index (Phi) is 13.5. The summed E-state index contributed by atoms with van der Waals surface area (Å²) in [5.41, 5.74) is 8.25. The summed E-state index contributed by atoms with van der Waals surface area (Å²) < 4.78 is 46.6. The fourth-order valence-corrected chi connectivity index (χ4v) is 8.09. The van der Waals surface area contributed by atoms with Crippen LogP contribution in [-0.4, -0.2) is 44.7 Å². The monoisotopic (exact) mass is 796 g/mol. The highest BCUT2D eigenvalue weighted by Gasteiger charge is 2.50. The number of halogens is 1. The molecule has 1 saturated heterocycles. The van der Waals surface area contributed by atoms with Gasteiger partial charge in [-0.25, -0.2) is 0 Å². The second kappa shape index (κ2) is 19.6. The molecule has 0 aliphatic carbocycles. The maximum atomic E-state index is 7.33. The van der Waals surface area contributed by atoms with Crippen molar-refractivity contribution in [2.45, 2.75) is 69.8 Å². The molecule has 0 radical (unpaired) electrons. The second-order valence-electron chi connectivity index (χ2n) is 14.7. The molecular weight excluding hydrogens is 748 g/mol. The molecule has 2 aliphatic rings. The first-order valence-corrected chi connectivity index (χ1v) is 20.3. The van der Waals surface area contributed by atoms with Crippen molar-refractivity contribution in [1.82, 2.24) is 0 Å². The van der Waals surface area contributed by atoms with Gasteiger partial charge in [-0.05, 0) is 57.5 Å². The first-order valence-electron chi connectivity index (χ1n) is 20.0. The standard InChI is InChI=1S/C50H49ClO7/c1-52-41-24-22-35(23-25-41)28-40-29-43(42-26-27-54-46(42)45(40)51)47-49(56-32-38-18-10-4-11-19-38)50(57-33-39-20-12-5-13-21-39)48(55-31-37-16-8-3-9-17-37)44(58-47)34-53-30-36-14-6-2-7-15-36/h2-25,29,44,47-50H,26-28,30-34H2,1H3/t44-,47?,48-,49+,50+/m1/s1. The summed E-state index contributed by atoms with van der Waals surface area (Å²) in [6.07, 6.45) is -1.51. The van der Waals surface area contributed by atoms with Crippen molar-refractivity contribution in [1.29, 1.82) is 0 Å². The fraction of sp³-hybridized carbons (Fsp3) is 0.280. The van der Waals surface area contributed by atoms with E-state index in [9.17, 15) is 0 Å². The minimum absolute atomic E-state index is 0.270. The lowest BCUT2D eigenvalue weighted by molar-refractivity contribution is -0.275. The molecule has 6 aromatic rings. The number of benzene rings is 6. The zero-order valence-electron chi connectivity index (χ0n) is 32.7. The molecule has 8 heteroatoms. The average Bonchev–Trinajstić information content (AvgIpc) is 3.78. The topological polar surface area (TPSA) is 64.6 Å². The van der Waals surface area contributed by atoms with Crippen molar-refractivity contribution in [2.75, 3.05) is 20.3 Å². The summed E-state index contributed by atoms with van der Waals surface area (Å²) in [5, 5.41) is 0.619. The molecule has 6 aromatic carbocycles. The molecule has 2 heterocycles. The molecule has 1 unspecified atom stereocenters. The summed E-state index contributed by atoms with van der Waals surface area (Å²) in [7, 11) is 1.67. The van der Waals surface area contributed by atoms with E-state index in [4.69, 9.17) is 44.8 Å². The molecule has 0 aromatic heterocycles. The van der Waals surface area contributed by atoms with E-state index in [0.29, 0.717) is 56.6 Å². The molecule has 58 heavy (non-hydrogen) atoms. The molecule has 0 saturated carbocycles. The van der Waals surface area contributed by atoms with Gasteiger partial charge in [0.25, 0.3) is 0 Å². The van der Waals surface area contributed by atoms with Crippen LogP contribution in [0, 0.1) is 0 Å². The highest BCUT2D eigenvalue weighted by molar-refractivity contribution is 6.33. The van der Waals surface area contributed by atoms with Crippen LogP contribution in [0.2, 0.25) is 5.02 Å². The minimum Gasteiger partial charge on any atom is -0.497 e. The summed E-state index contributed by atoms with van der Waals surface area (Å²) in [6.45, 7) is 2.29. The third-order valence-electron chi connectivity index (χ3n) is 10.8. The van der Waals surface area contributed by atoms with Gasteiger partial charge in [0.15, 0.2) is 0 Å². The summed E-state index contributed by atoms with van der Waals surface area (Å²) in [5.74, 6) is 1.50. The molecule has 7 nitrogen and oxygen atoms in total. The lowest BCUT2D eigenvalue weighted by Crippen LogP contribution is -2.58. The number of methoxy groups -OCH3 is 1. The fourth-order valence-electron chi connectivity index (χ4n) is 7.80. The van der Waals surface area contributed by atoms with Gasteiger partial charge in [0.2, 0.25) is 0 Å². The minimum atomic E-state index is -0.588. The maximum absolute atomic E-state index is 7.33. The van der Waals surface area contributed by atoms with Crippen molar-refractivity contribution in [3.63, 3.8) is 0 Å². The summed E-state index contributed by atoms with van der Waals surface area (Å²) in [6, 6.07) is 51.0. The van der Waals surface area contributed by atoms with E-state index >= 15 is 0 Å². The van der Waals surface area contributed by atoms with Gasteiger partial charge in [0.1, 0.15) is 42.0 Å². The van der Waals surface area contributed by atoms with E-state index in [2.05, 4.69) is 66.7 Å². The molecule has 5 atom stereocenters. The van der Waals surface area contributed by atoms with Gasteiger partial charge in [-0.2, -0.15) is 0 Å². The molecule has 0 amide bonds. The van der Waals surface area contributed by atoms with Gasteiger partial charge < -0.3 is 33.2 Å². The Hall–Kier alpha value is -4.99. The highest BCUT2D eigenvalue weighted by Crippen LogP contribution is 2.46. The Balaban J connectivity index is 1.21.